The number of primary amides is 1. The molecule has 1 aromatic heterocycles. The zero-order valence-electron chi connectivity index (χ0n) is 11.4. The third kappa shape index (κ3) is 2.87. The second kappa shape index (κ2) is 6.13. The highest BCUT2D eigenvalue weighted by Gasteiger charge is 2.26. The third-order valence-electron chi connectivity index (χ3n) is 3.50. The van der Waals surface area contributed by atoms with Crippen LogP contribution in [-0.4, -0.2) is 25.0 Å². The summed E-state index contributed by atoms with van der Waals surface area (Å²) in [6.45, 7) is 0. The van der Waals surface area contributed by atoms with Crippen LogP contribution >= 0.6 is 11.3 Å². The van der Waals surface area contributed by atoms with Crippen molar-refractivity contribution in [3.05, 3.63) is 10.4 Å². The van der Waals surface area contributed by atoms with Gasteiger partial charge in [-0.15, -0.1) is 11.3 Å². The fourth-order valence-corrected chi connectivity index (χ4v) is 3.50. The van der Waals surface area contributed by atoms with Crippen LogP contribution in [0.2, 0.25) is 0 Å². The second-order valence-corrected chi connectivity index (χ2v) is 5.90. The molecule has 1 heterocycles. The molecule has 0 atom stereocenters. The van der Waals surface area contributed by atoms with Gasteiger partial charge in [0.15, 0.2) is 0 Å². The number of esters is 1. The van der Waals surface area contributed by atoms with Crippen molar-refractivity contribution in [2.45, 2.75) is 38.1 Å². The largest absolute Gasteiger partial charge is 0.465 e. The van der Waals surface area contributed by atoms with Crippen molar-refractivity contribution < 1.29 is 14.3 Å². The van der Waals surface area contributed by atoms with Crippen LogP contribution in [0.4, 0.5) is 10.7 Å². The van der Waals surface area contributed by atoms with E-state index in [1.807, 2.05) is 0 Å². The maximum absolute atomic E-state index is 11.8. The molecule has 1 aliphatic carbocycles. The van der Waals surface area contributed by atoms with Gasteiger partial charge in [0.1, 0.15) is 15.4 Å². The lowest BCUT2D eigenvalue weighted by Crippen LogP contribution is -2.23. The Morgan fingerprint density at radius 1 is 1.30 bits per heavy atom. The lowest BCUT2D eigenvalue weighted by molar-refractivity contribution is 0.0603. The summed E-state index contributed by atoms with van der Waals surface area (Å²) in [5.41, 5.74) is 11.5. The number of nitrogens with one attached hydrogen (secondary N) is 1. The molecular weight excluding hydrogens is 278 g/mol. The van der Waals surface area contributed by atoms with Gasteiger partial charge in [0, 0.05) is 6.04 Å². The lowest BCUT2D eigenvalue weighted by atomic mass is 9.95. The molecule has 0 aliphatic heterocycles. The van der Waals surface area contributed by atoms with Gasteiger partial charge in [-0.05, 0) is 12.8 Å². The van der Waals surface area contributed by atoms with E-state index in [-0.39, 0.29) is 16.1 Å². The molecule has 5 N–H and O–H groups in total. The topological polar surface area (TPSA) is 107 Å². The van der Waals surface area contributed by atoms with E-state index in [4.69, 9.17) is 16.2 Å². The van der Waals surface area contributed by atoms with Crippen molar-refractivity contribution >= 4 is 33.9 Å². The number of carbonyl (C=O) groups excluding carboxylic acids is 2. The van der Waals surface area contributed by atoms with E-state index < -0.39 is 11.9 Å². The van der Waals surface area contributed by atoms with Crippen LogP contribution < -0.4 is 16.8 Å². The summed E-state index contributed by atoms with van der Waals surface area (Å²) in [5, 5.41) is 3.89. The quantitative estimate of drug-likeness (QED) is 0.736. The first kappa shape index (κ1) is 14.6. The lowest BCUT2D eigenvalue weighted by Gasteiger charge is -2.23. The predicted octanol–water partition coefficient (Wildman–Crippen LogP) is 1.96. The number of nitrogen functional groups attached to an aromatic ring is 1. The number of methoxy groups -OCH3 is 1. The standard InChI is InChI=1S/C13H19N3O3S/c1-19-13(18)8-9(14)10(11(15)17)20-12(8)16-7-5-3-2-4-6-7/h7,16H,2-6,14H2,1H3,(H2,15,17). The summed E-state index contributed by atoms with van der Waals surface area (Å²) in [7, 11) is 1.29. The minimum atomic E-state index is -0.630. The number of carbonyl (C=O) groups is 2. The van der Waals surface area contributed by atoms with Gasteiger partial charge in [-0.1, -0.05) is 19.3 Å². The van der Waals surface area contributed by atoms with Gasteiger partial charge in [-0.3, -0.25) is 4.79 Å². The summed E-state index contributed by atoms with van der Waals surface area (Å²) in [6, 6.07) is 0.297. The monoisotopic (exact) mass is 297 g/mol. The molecule has 7 heteroatoms. The van der Waals surface area contributed by atoms with Crippen molar-refractivity contribution in [3.63, 3.8) is 0 Å². The zero-order valence-corrected chi connectivity index (χ0v) is 12.2. The van der Waals surface area contributed by atoms with E-state index in [9.17, 15) is 9.59 Å². The minimum absolute atomic E-state index is 0.104. The summed E-state index contributed by atoms with van der Waals surface area (Å²) in [4.78, 5) is 23.4. The normalized spacial score (nSPS) is 15.8. The molecule has 20 heavy (non-hydrogen) atoms. The smallest absolute Gasteiger partial charge is 0.343 e. The van der Waals surface area contributed by atoms with Crippen molar-refractivity contribution in [1.82, 2.24) is 0 Å². The van der Waals surface area contributed by atoms with Crippen molar-refractivity contribution in [1.29, 1.82) is 0 Å². The van der Waals surface area contributed by atoms with E-state index in [2.05, 4.69) is 5.32 Å². The molecule has 1 aromatic rings. The first-order valence-corrected chi connectivity index (χ1v) is 7.43. The van der Waals surface area contributed by atoms with Crippen LogP contribution in [0.3, 0.4) is 0 Å². The highest BCUT2D eigenvalue weighted by atomic mass is 32.1. The van der Waals surface area contributed by atoms with Crippen LogP contribution in [0.15, 0.2) is 0 Å². The fraction of sp³-hybridized carbons (Fsp3) is 0.538. The molecule has 0 saturated heterocycles. The Morgan fingerprint density at radius 3 is 2.50 bits per heavy atom. The summed E-state index contributed by atoms with van der Waals surface area (Å²) in [6.07, 6.45) is 5.65. The number of anilines is 2. The van der Waals surface area contributed by atoms with Gasteiger partial charge < -0.3 is 21.5 Å². The van der Waals surface area contributed by atoms with Gasteiger partial charge in [0.05, 0.1) is 12.8 Å². The van der Waals surface area contributed by atoms with Crippen LogP contribution in [0, 0.1) is 0 Å². The van der Waals surface area contributed by atoms with E-state index >= 15 is 0 Å². The number of hydrogen-bond acceptors (Lipinski definition) is 6. The third-order valence-corrected chi connectivity index (χ3v) is 4.65. The first-order chi connectivity index (χ1) is 9.54. The molecule has 2 rings (SSSR count). The fourth-order valence-electron chi connectivity index (χ4n) is 2.47. The van der Waals surface area contributed by atoms with E-state index in [1.54, 1.807) is 0 Å². The minimum Gasteiger partial charge on any atom is -0.465 e. The van der Waals surface area contributed by atoms with Gasteiger partial charge in [0.25, 0.3) is 5.91 Å². The molecular formula is C13H19N3O3S. The Morgan fingerprint density at radius 2 is 1.95 bits per heavy atom. The average molecular weight is 297 g/mol. The van der Waals surface area contributed by atoms with Gasteiger partial charge in [-0.25, -0.2) is 4.79 Å². The van der Waals surface area contributed by atoms with Crippen LogP contribution in [0.25, 0.3) is 0 Å². The maximum atomic E-state index is 11.8. The zero-order chi connectivity index (χ0) is 14.7. The van der Waals surface area contributed by atoms with Gasteiger partial charge >= 0.3 is 5.97 Å². The highest BCUT2D eigenvalue weighted by molar-refractivity contribution is 7.19. The molecule has 1 aliphatic rings. The molecule has 0 unspecified atom stereocenters. The van der Waals surface area contributed by atoms with Crippen molar-refractivity contribution in [3.8, 4) is 0 Å². The Bertz CT molecular complexity index is 521. The molecule has 0 spiro atoms. The van der Waals surface area contributed by atoms with Gasteiger partial charge in [-0.2, -0.15) is 0 Å². The number of hydrogen-bond donors (Lipinski definition) is 3. The number of thiophene rings is 1. The maximum Gasteiger partial charge on any atom is 0.343 e. The molecule has 0 radical (unpaired) electrons. The molecule has 0 bridgehead atoms. The second-order valence-electron chi connectivity index (χ2n) is 4.88. The van der Waals surface area contributed by atoms with Crippen molar-refractivity contribution in [2.24, 2.45) is 5.73 Å². The molecule has 1 amide bonds. The van der Waals surface area contributed by atoms with Crippen molar-refractivity contribution in [2.75, 3.05) is 18.2 Å². The predicted molar refractivity (Wildman–Crippen MR) is 79.1 cm³/mol. The van der Waals surface area contributed by atoms with E-state index in [0.717, 1.165) is 37.0 Å². The first-order valence-electron chi connectivity index (χ1n) is 6.61. The molecule has 0 aromatic carbocycles. The Balaban J connectivity index is 2.32. The molecule has 1 fully saturated rings. The molecule has 110 valence electrons. The molecule has 6 nitrogen and oxygen atoms in total. The average Bonchev–Trinajstić information content (AvgIpc) is 2.76. The summed E-state index contributed by atoms with van der Waals surface area (Å²) < 4.78 is 4.74. The number of ether oxygens (including phenoxy) is 1. The summed E-state index contributed by atoms with van der Waals surface area (Å²) in [5.74, 6) is -1.18. The number of rotatable bonds is 4. The van der Waals surface area contributed by atoms with Gasteiger partial charge in [0.2, 0.25) is 0 Å². The van der Waals surface area contributed by atoms with E-state index in [0.29, 0.717) is 11.0 Å². The Kier molecular flexibility index (Phi) is 4.49. The highest BCUT2D eigenvalue weighted by Crippen LogP contribution is 2.37. The summed E-state index contributed by atoms with van der Waals surface area (Å²) >= 11 is 1.12. The van der Waals surface area contributed by atoms with Crippen LogP contribution in [-0.2, 0) is 4.74 Å². The molecule has 1 saturated carbocycles. The Labute approximate surface area is 121 Å². The SMILES string of the molecule is COC(=O)c1c(NC2CCCCC2)sc(C(N)=O)c1N. The van der Waals surface area contributed by atoms with Crippen LogP contribution in [0.1, 0.15) is 52.1 Å². The van der Waals surface area contributed by atoms with E-state index in [1.165, 1.54) is 13.5 Å². The Hall–Kier alpha value is -1.76. The number of amides is 1. The number of nitrogens with two attached hydrogens (primary N) is 2. The van der Waals surface area contributed by atoms with Crippen LogP contribution in [0.5, 0.6) is 0 Å².